The molecule has 0 amide bonds. The van der Waals surface area contributed by atoms with Crippen LogP contribution in [0.15, 0.2) is 0 Å². The van der Waals surface area contributed by atoms with Gasteiger partial charge in [-0.05, 0) is 25.9 Å². The molecule has 0 aromatic rings. The van der Waals surface area contributed by atoms with E-state index >= 15 is 0 Å². The molecule has 0 spiro atoms. The predicted octanol–water partition coefficient (Wildman–Crippen LogP) is 14.5. The van der Waals surface area contributed by atoms with Crippen molar-refractivity contribution < 1.29 is 8.78 Å². The zero-order valence-electron chi connectivity index (χ0n) is 28.9. The zero-order chi connectivity index (χ0) is 29.9. The first-order chi connectivity index (χ1) is 20.2. The molecule has 0 atom stereocenters. The van der Waals surface area contributed by atoms with Gasteiger partial charge in [-0.25, -0.2) is 8.78 Å². The standard InChI is InChI=1S/C38H77F2N.ClH/c1-3-5-7-9-11-13-15-17-19-21-23-25-27-29-31-33-35-41(37-38(39)40)36-34-32-30-28-26-24-22-20-18-16-14-12-10-8-6-4-2;/h38H,3-37H2,1-2H3;1H. The van der Waals surface area contributed by atoms with Crippen molar-refractivity contribution in [2.45, 2.75) is 226 Å². The Morgan fingerprint density at radius 1 is 0.333 bits per heavy atom. The van der Waals surface area contributed by atoms with Gasteiger partial charge in [-0.2, -0.15) is 0 Å². The largest absolute Gasteiger partial charge is 0.298 e. The van der Waals surface area contributed by atoms with E-state index in [0.717, 1.165) is 25.9 Å². The van der Waals surface area contributed by atoms with Crippen LogP contribution in [0, 0.1) is 0 Å². The van der Waals surface area contributed by atoms with E-state index in [0.29, 0.717) is 0 Å². The van der Waals surface area contributed by atoms with E-state index in [2.05, 4.69) is 13.8 Å². The van der Waals surface area contributed by atoms with Crippen molar-refractivity contribution in [2.75, 3.05) is 19.6 Å². The first-order valence-corrected chi connectivity index (χ1v) is 19.2. The van der Waals surface area contributed by atoms with E-state index in [1.165, 1.54) is 193 Å². The van der Waals surface area contributed by atoms with Gasteiger partial charge in [0.25, 0.3) is 6.43 Å². The summed E-state index contributed by atoms with van der Waals surface area (Å²) in [5.41, 5.74) is 0. The highest BCUT2D eigenvalue weighted by molar-refractivity contribution is 5.85. The molecule has 0 saturated heterocycles. The fraction of sp³-hybridized carbons (Fsp3) is 1.00. The Morgan fingerprint density at radius 3 is 0.714 bits per heavy atom. The quantitative estimate of drug-likeness (QED) is 0.0629. The number of hydrogen-bond donors (Lipinski definition) is 0. The molecule has 0 N–H and O–H groups in total. The first kappa shape index (κ1) is 44.2. The molecule has 0 radical (unpaired) electrons. The lowest BCUT2D eigenvalue weighted by Crippen LogP contribution is -2.31. The van der Waals surface area contributed by atoms with E-state index in [1.807, 2.05) is 4.90 Å². The van der Waals surface area contributed by atoms with Crippen molar-refractivity contribution >= 4 is 12.4 Å². The fourth-order valence-electron chi connectivity index (χ4n) is 6.26. The Morgan fingerprint density at radius 2 is 0.524 bits per heavy atom. The lowest BCUT2D eigenvalue weighted by atomic mass is 10.0. The normalized spacial score (nSPS) is 11.6. The van der Waals surface area contributed by atoms with Gasteiger partial charge in [0.2, 0.25) is 0 Å². The summed E-state index contributed by atoms with van der Waals surface area (Å²) in [6.07, 6.45) is 41.4. The van der Waals surface area contributed by atoms with E-state index in [4.69, 9.17) is 0 Å². The Labute approximate surface area is 270 Å². The molecule has 0 rings (SSSR count). The van der Waals surface area contributed by atoms with Crippen molar-refractivity contribution in [3.05, 3.63) is 0 Å². The molecule has 0 fully saturated rings. The van der Waals surface area contributed by atoms with Crippen molar-refractivity contribution in [1.82, 2.24) is 4.90 Å². The lowest BCUT2D eigenvalue weighted by Gasteiger charge is -2.21. The van der Waals surface area contributed by atoms with Crippen LogP contribution in [0.5, 0.6) is 0 Å². The minimum atomic E-state index is -2.20. The number of hydrogen-bond acceptors (Lipinski definition) is 1. The molecule has 0 aliphatic heterocycles. The van der Waals surface area contributed by atoms with Crippen molar-refractivity contribution in [3.8, 4) is 0 Å². The van der Waals surface area contributed by atoms with Crippen LogP contribution < -0.4 is 0 Å². The van der Waals surface area contributed by atoms with Gasteiger partial charge in [0.15, 0.2) is 0 Å². The maximum atomic E-state index is 13.1. The molecule has 0 aliphatic carbocycles. The molecule has 256 valence electrons. The monoisotopic (exact) mass is 622 g/mol. The van der Waals surface area contributed by atoms with Crippen LogP contribution in [0.1, 0.15) is 219 Å². The maximum absolute atomic E-state index is 13.1. The van der Waals surface area contributed by atoms with Gasteiger partial charge in [-0.15, -0.1) is 12.4 Å². The third-order valence-electron chi connectivity index (χ3n) is 9.05. The average Bonchev–Trinajstić information content (AvgIpc) is 2.96. The SMILES string of the molecule is CCCCCCCCCCCCCCCCCCN(CCCCCCCCCCCCCCCCCC)CC(F)F.Cl. The van der Waals surface area contributed by atoms with Gasteiger partial charge in [-0.3, -0.25) is 4.90 Å². The highest BCUT2D eigenvalue weighted by Crippen LogP contribution is 2.16. The van der Waals surface area contributed by atoms with Crippen LogP contribution in [0.25, 0.3) is 0 Å². The lowest BCUT2D eigenvalue weighted by molar-refractivity contribution is 0.0861. The van der Waals surface area contributed by atoms with Crippen LogP contribution in [-0.2, 0) is 0 Å². The fourth-order valence-corrected chi connectivity index (χ4v) is 6.26. The Bertz CT molecular complexity index is 426. The molecule has 0 heterocycles. The second kappa shape index (κ2) is 39.1. The predicted molar refractivity (Wildman–Crippen MR) is 189 cm³/mol. The Hall–Kier alpha value is 0.110. The van der Waals surface area contributed by atoms with Crippen LogP contribution in [0.3, 0.4) is 0 Å². The van der Waals surface area contributed by atoms with Gasteiger partial charge < -0.3 is 0 Å². The van der Waals surface area contributed by atoms with Gasteiger partial charge in [-0.1, -0.05) is 206 Å². The van der Waals surface area contributed by atoms with Crippen molar-refractivity contribution in [1.29, 1.82) is 0 Å². The molecule has 0 aromatic heterocycles. The molecule has 0 bridgehead atoms. The van der Waals surface area contributed by atoms with E-state index in [-0.39, 0.29) is 19.0 Å². The van der Waals surface area contributed by atoms with Gasteiger partial charge in [0.1, 0.15) is 0 Å². The minimum Gasteiger partial charge on any atom is -0.298 e. The number of nitrogens with zero attached hydrogens (tertiary/aromatic N) is 1. The van der Waals surface area contributed by atoms with Crippen LogP contribution >= 0.6 is 12.4 Å². The highest BCUT2D eigenvalue weighted by Gasteiger charge is 2.11. The summed E-state index contributed by atoms with van der Waals surface area (Å²) < 4.78 is 26.1. The van der Waals surface area contributed by atoms with Crippen LogP contribution in [0.4, 0.5) is 8.78 Å². The van der Waals surface area contributed by atoms with E-state index in [1.54, 1.807) is 0 Å². The Balaban J connectivity index is 0. The molecule has 42 heavy (non-hydrogen) atoms. The summed E-state index contributed by atoms with van der Waals surface area (Å²) >= 11 is 0. The third kappa shape index (κ3) is 38.1. The zero-order valence-corrected chi connectivity index (χ0v) is 29.8. The minimum absolute atomic E-state index is 0. The third-order valence-corrected chi connectivity index (χ3v) is 9.05. The molecule has 0 saturated carbocycles. The summed E-state index contributed by atoms with van der Waals surface area (Å²) in [5, 5.41) is 0. The summed E-state index contributed by atoms with van der Waals surface area (Å²) in [7, 11) is 0. The second-order valence-electron chi connectivity index (χ2n) is 13.3. The number of halogens is 3. The molecule has 1 nitrogen and oxygen atoms in total. The Kier molecular flexibility index (Phi) is 41.2. The second-order valence-corrected chi connectivity index (χ2v) is 13.3. The molecule has 0 aliphatic rings. The summed E-state index contributed by atoms with van der Waals surface area (Å²) in [4.78, 5) is 2.04. The maximum Gasteiger partial charge on any atom is 0.251 e. The van der Waals surface area contributed by atoms with Crippen molar-refractivity contribution in [3.63, 3.8) is 0 Å². The summed E-state index contributed by atoms with van der Waals surface area (Å²) in [6, 6.07) is 0. The van der Waals surface area contributed by atoms with E-state index in [9.17, 15) is 8.78 Å². The molecule has 0 unspecified atom stereocenters. The number of alkyl halides is 2. The van der Waals surface area contributed by atoms with Gasteiger partial charge >= 0.3 is 0 Å². The van der Waals surface area contributed by atoms with Crippen LogP contribution in [0.2, 0.25) is 0 Å². The summed E-state index contributed by atoms with van der Waals surface area (Å²) in [6.45, 7) is 6.27. The number of unbranched alkanes of at least 4 members (excludes halogenated alkanes) is 30. The van der Waals surface area contributed by atoms with E-state index < -0.39 is 6.43 Å². The average molecular weight is 622 g/mol. The molecular formula is C38H78ClF2N. The first-order valence-electron chi connectivity index (χ1n) is 19.2. The molecule has 4 heteroatoms. The molecular weight excluding hydrogens is 544 g/mol. The topological polar surface area (TPSA) is 3.24 Å². The highest BCUT2D eigenvalue weighted by atomic mass is 35.5. The van der Waals surface area contributed by atoms with Crippen molar-refractivity contribution in [2.24, 2.45) is 0 Å². The summed E-state index contributed by atoms with van der Waals surface area (Å²) in [5.74, 6) is 0. The van der Waals surface area contributed by atoms with Crippen LogP contribution in [-0.4, -0.2) is 31.0 Å². The number of rotatable bonds is 36. The van der Waals surface area contributed by atoms with Gasteiger partial charge in [0, 0.05) is 0 Å². The smallest absolute Gasteiger partial charge is 0.251 e. The van der Waals surface area contributed by atoms with Gasteiger partial charge in [0.05, 0.1) is 6.54 Å². The molecule has 0 aromatic carbocycles.